The summed E-state index contributed by atoms with van der Waals surface area (Å²) in [5.74, 6) is -0.00224. The minimum Gasteiger partial charge on any atom is -0.392 e. The molecule has 7 heteroatoms. The number of hydrogen-bond acceptors (Lipinski definition) is 6. The molecule has 0 aliphatic carbocycles. The molecule has 0 saturated carbocycles. The number of aliphatic hydroxyl groups is 1. The zero-order valence-electron chi connectivity index (χ0n) is 14.5. The van der Waals surface area contributed by atoms with Gasteiger partial charge in [0.15, 0.2) is 5.13 Å². The third-order valence-electron chi connectivity index (χ3n) is 4.30. The summed E-state index contributed by atoms with van der Waals surface area (Å²) in [5, 5.41) is 13.2. The first-order chi connectivity index (χ1) is 10.9. The first-order valence-corrected chi connectivity index (χ1v) is 9.09. The molecular weight excluding hydrogens is 312 g/mol. The van der Waals surface area contributed by atoms with Gasteiger partial charge in [-0.1, -0.05) is 6.92 Å². The summed E-state index contributed by atoms with van der Waals surface area (Å²) in [6.07, 6.45) is 0.714. The number of aryl methyl sites for hydroxylation is 2. The fraction of sp³-hybridized carbons (Fsp3) is 0.750. The Morgan fingerprint density at radius 3 is 2.78 bits per heavy atom. The van der Waals surface area contributed by atoms with Crippen LogP contribution in [-0.2, 0) is 4.79 Å². The molecule has 0 radical (unpaired) electrons. The van der Waals surface area contributed by atoms with E-state index in [0.717, 1.165) is 36.6 Å². The van der Waals surface area contributed by atoms with E-state index in [1.54, 1.807) is 0 Å². The number of carbonyl (C=O) groups excluding carboxylic acids is 1. The van der Waals surface area contributed by atoms with E-state index in [9.17, 15) is 9.90 Å². The smallest absolute Gasteiger partial charge is 0.240 e. The molecule has 6 nitrogen and oxygen atoms in total. The van der Waals surface area contributed by atoms with E-state index in [1.165, 1.54) is 11.3 Å². The van der Waals surface area contributed by atoms with Crippen molar-refractivity contribution in [2.24, 2.45) is 0 Å². The Bertz CT molecular complexity index is 513. The highest BCUT2D eigenvalue weighted by Crippen LogP contribution is 2.21. The number of aliphatic hydroxyl groups excluding tert-OH is 1. The van der Waals surface area contributed by atoms with Gasteiger partial charge in [0.2, 0.25) is 5.91 Å². The maximum absolute atomic E-state index is 12.2. The lowest BCUT2D eigenvalue weighted by Gasteiger charge is -2.41. The van der Waals surface area contributed by atoms with Crippen molar-refractivity contribution in [3.63, 3.8) is 0 Å². The lowest BCUT2D eigenvalue weighted by Crippen LogP contribution is -2.55. The normalized spacial score (nSPS) is 21.3. The summed E-state index contributed by atoms with van der Waals surface area (Å²) >= 11 is 1.52. The van der Waals surface area contributed by atoms with Gasteiger partial charge in [-0.05, 0) is 27.2 Å². The molecule has 2 atom stereocenters. The van der Waals surface area contributed by atoms with Crippen LogP contribution in [0.1, 0.15) is 30.8 Å². The molecule has 0 spiro atoms. The molecule has 1 fully saturated rings. The van der Waals surface area contributed by atoms with Gasteiger partial charge in [-0.25, -0.2) is 4.98 Å². The van der Waals surface area contributed by atoms with E-state index >= 15 is 0 Å². The second-order valence-corrected chi connectivity index (χ2v) is 7.55. The summed E-state index contributed by atoms with van der Waals surface area (Å²) in [4.78, 5) is 22.2. The molecule has 130 valence electrons. The van der Waals surface area contributed by atoms with E-state index in [1.807, 2.05) is 20.8 Å². The SMILES string of the molecule is CC[C@@H]1CN(CC(=O)Nc2nc(C)c(C)s2)CCN1C[C@@H](C)O. The van der Waals surface area contributed by atoms with Gasteiger partial charge in [0.1, 0.15) is 0 Å². The number of nitrogens with zero attached hydrogens (tertiary/aromatic N) is 3. The van der Waals surface area contributed by atoms with Gasteiger partial charge in [0, 0.05) is 37.1 Å². The standard InChI is InChI=1S/C16H28N4O2S/c1-5-14-9-19(6-7-20(14)8-11(2)21)10-15(22)18-16-17-12(3)13(4)23-16/h11,14,21H,5-10H2,1-4H3,(H,17,18,22)/t11-,14-/m1/s1. The van der Waals surface area contributed by atoms with Crippen LogP contribution >= 0.6 is 11.3 Å². The van der Waals surface area contributed by atoms with Crippen LogP contribution in [0.4, 0.5) is 5.13 Å². The predicted molar refractivity (Wildman–Crippen MR) is 94.0 cm³/mol. The monoisotopic (exact) mass is 340 g/mol. The Morgan fingerprint density at radius 1 is 1.48 bits per heavy atom. The van der Waals surface area contributed by atoms with E-state index in [-0.39, 0.29) is 12.0 Å². The second kappa shape index (κ2) is 8.19. The Labute approximate surface area is 142 Å². The van der Waals surface area contributed by atoms with E-state index in [0.29, 0.717) is 24.3 Å². The van der Waals surface area contributed by atoms with E-state index in [4.69, 9.17) is 0 Å². The van der Waals surface area contributed by atoms with Crippen LogP contribution in [0.25, 0.3) is 0 Å². The quantitative estimate of drug-likeness (QED) is 0.821. The lowest BCUT2D eigenvalue weighted by molar-refractivity contribution is -0.118. The largest absolute Gasteiger partial charge is 0.392 e. The van der Waals surface area contributed by atoms with Crippen LogP contribution in [0.2, 0.25) is 0 Å². The number of hydrogen-bond donors (Lipinski definition) is 2. The fourth-order valence-electron chi connectivity index (χ4n) is 2.96. The molecule has 23 heavy (non-hydrogen) atoms. The average Bonchev–Trinajstić information content (AvgIpc) is 2.78. The summed E-state index contributed by atoms with van der Waals surface area (Å²) in [7, 11) is 0. The highest BCUT2D eigenvalue weighted by Gasteiger charge is 2.27. The minimum absolute atomic E-state index is 0.00224. The zero-order valence-corrected chi connectivity index (χ0v) is 15.3. The van der Waals surface area contributed by atoms with Crippen LogP contribution in [0.15, 0.2) is 0 Å². The molecule has 1 aliphatic heterocycles. The Morgan fingerprint density at radius 2 is 2.22 bits per heavy atom. The summed E-state index contributed by atoms with van der Waals surface area (Å²) in [6, 6.07) is 0.399. The van der Waals surface area contributed by atoms with Crippen LogP contribution < -0.4 is 5.32 Å². The lowest BCUT2D eigenvalue weighted by atomic mass is 10.1. The van der Waals surface area contributed by atoms with Gasteiger partial charge < -0.3 is 10.4 Å². The molecule has 1 aromatic rings. The summed E-state index contributed by atoms with van der Waals surface area (Å²) in [5.41, 5.74) is 0.975. The van der Waals surface area contributed by atoms with Crippen molar-refractivity contribution < 1.29 is 9.90 Å². The van der Waals surface area contributed by atoms with Gasteiger partial charge in [0.25, 0.3) is 0 Å². The first kappa shape index (κ1) is 18.3. The number of anilines is 1. The molecule has 1 aliphatic rings. The van der Waals surface area contributed by atoms with Gasteiger partial charge in [0.05, 0.1) is 18.3 Å². The number of amides is 1. The molecule has 2 heterocycles. The molecule has 2 rings (SSSR count). The third-order valence-corrected chi connectivity index (χ3v) is 5.29. The number of thiazole rings is 1. The molecule has 0 bridgehead atoms. The zero-order chi connectivity index (χ0) is 17.0. The Kier molecular flexibility index (Phi) is 6.52. The van der Waals surface area contributed by atoms with Gasteiger partial charge in [-0.2, -0.15) is 0 Å². The van der Waals surface area contributed by atoms with Crippen molar-refractivity contribution in [1.82, 2.24) is 14.8 Å². The number of piperazine rings is 1. The Balaban J connectivity index is 1.84. The number of aromatic nitrogens is 1. The number of nitrogens with one attached hydrogen (secondary N) is 1. The predicted octanol–water partition coefficient (Wildman–Crippen LogP) is 1.48. The van der Waals surface area contributed by atoms with E-state index < -0.39 is 0 Å². The molecule has 1 amide bonds. The molecule has 0 unspecified atom stereocenters. The molecule has 1 saturated heterocycles. The molecule has 0 aromatic carbocycles. The number of carbonyl (C=O) groups is 1. The minimum atomic E-state index is -0.310. The summed E-state index contributed by atoms with van der Waals surface area (Å²) < 4.78 is 0. The van der Waals surface area contributed by atoms with Crippen molar-refractivity contribution in [1.29, 1.82) is 0 Å². The first-order valence-electron chi connectivity index (χ1n) is 8.27. The maximum atomic E-state index is 12.2. The second-order valence-electron chi connectivity index (χ2n) is 6.35. The van der Waals surface area contributed by atoms with Gasteiger partial charge in [-0.3, -0.25) is 14.6 Å². The van der Waals surface area contributed by atoms with Crippen LogP contribution in [0.5, 0.6) is 0 Å². The van der Waals surface area contributed by atoms with Gasteiger partial charge >= 0.3 is 0 Å². The van der Waals surface area contributed by atoms with Crippen molar-refractivity contribution in [3.05, 3.63) is 10.6 Å². The molecule has 2 N–H and O–H groups in total. The average molecular weight is 340 g/mol. The number of rotatable bonds is 6. The highest BCUT2D eigenvalue weighted by molar-refractivity contribution is 7.15. The van der Waals surface area contributed by atoms with Crippen LogP contribution in [0.3, 0.4) is 0 Å². The fourth-order valence-corrected chi connectivity index (χ4v) is 3.79. The van der Waals surface area contributed by atoms with Crippen LogP contribution in [0, 0.1) is 13.8 Å². The van der Waals surface area contributed by atoms with Crippen molar-refractivity contribution in [2.45, 2.75) is 46.3 Å². The van der Waals surface area contributed by atoms with E-state index in [2.05, 4.69) is 27.0 Å². The molecule has 1 aromatic heterocycles. The Hall–Kier alpha value is -1.02. The highest BCUT2D eigenvalue weighted by atomic mass is 32.1. The number of β-amino-alcohol motifs (C(OH)–C–C–N with tert-alkyl or cyclic N) is 1. The van der Waals surface area contributed by atoms with Crippen LogP contribution in [-0.4, -0.2) is 70.7 Å². The van der Waals surface area contributed by atoms with Crippen molar-refractivity contribution in [3.8, 4) is 0 Å². The topological polar surface area (TPSA) is 68.7 Å². The van der Waals surface area contributed by atoms with Gasteiger partial charge in [-0.15, -0.1) is 11.3 Å². The van der Waals surface area contributed by atoms with Crippen molar-refractivity contribution in [2.75, 3.05) is 38.0 Å². The third kappa shape index (κ3) is 5.24. The van der Waals surface area contributed by atoms with Crippen molar-refractivity contribution >= 4 is 22.4 Å². The molecular formula is C16H28N4O2S. The maximum Gasteiger partial charge on any atom is 0.240 e. The summed E-state index contributed by atoms with van der Waals surface area (Å²) in [6.45, 7) is 11.7.